The highest BCUT2D eigenvalue weighted by Crippen LogP contribution is 2.15. The zero-order valence-corrected chi connectivity index (χ0v) is 17.0. The van der Waals surface area contributed by atoms with Crippen LogP contribution in [0.5, 0.6) is 0 Å². The Hall–Kier alpha value is -0.170. The molecule has 0 aromatic carbocycles. The van der Waals surface area contributed by atoms with Gasteiger partial charge in [0, 0.05) is 0 Å². The van der Waals surface area contributed by atoms with Gasteiger partial charge in [0.15, 0.2) is 0 Å². The Morgan fingerprint density at radius 3 is 1.58 bits per heavy atom. The molecule has 0 saturated heterocycles. The Morgan fingerprint density at radius 1 is 0.875 bits per heavy atom. The third kappa shape index (κ3) is 26.7. The van der Waals surface area contributed by atoms with Crippen molar-refractivity contribution < 1.29 is 17.2 Å². The Bertz CT molecular complexity index is 334. The van der Waals surface area contributed by atoms with Crippen LogP contribution in [-0.2, 0) is 14.6 Å². The van der Waals surface area contributed by atoms with Crippen LogP contribution in [0.15, 0.2) is 0 Å². The third-order valence-electron chi connectivity index (χ3n) is 4.17. The molecule has 0 radical (unpaired) electrons. The maximum atomic E-state index is 9.33. The molecule has 0 rings (SSSR count). The van der Waals surface area contributed by atoms with Crippen LogP contribution in [0.25, 0.3) is 0 Å². The lowest BCUT2D eigenvalue weighted by atomic mass is 9.99. The topological polar surface area (TPSA) is 89.6 Å². The van der Waals surface area contributed by atoms with Crippen molar-refractivity contribution in [2.45, 2.75) is 97.3 Å². The van der Waals surface area contributed by atoms with Crippen LogP contribution >= 0.6 is 0 Å². The van der Waals surface area contributed by atoms with Crippen molar-refractivity contribution in [3.63, 3.8) is 0 Å². The van der Waals surface area contributed by atoms with Crippen LogP contribution in [0.3, 0.4) is 0 Å². The Labute approximate surface area is 150 Å². The van der Waals surface area contributed by atoms with Crippen molar-refractivity contribution in [1.82, 2.24) is 0 Å². The molecule has 0 aliphatic rings. The van der Waals surface area contributed by atoms with E-state index in [0.29, 0.717) is 0 Å². The van der Waals surface area contributed by atoms with Crippen molar-refractivity contribution >= 4 is 10.4 Å². The van der Waals surface area contributed by atoms with Crippen molar-refractivity contribution in [1.29, 1.82) is 0 Å². The quantitative estimate of drug-likeness (QED) is 0.310. The molecule has 0 bridgehead atoms. The fraction of sp³-hybridized carbons (Fsp3) is 1.00. The predicted molar refractivity (Wildman–Crippen MR) is 102 cm³/mol. The molecule has 0 amide bonds. The highest BCUT2D eigenvalue weighted by Gasteiger charge is 2.00. The van der Waals surface area contributed by atoms with Crippen LogP contribution in [0, 0.1) is 5.92 Å². The second-order valence-corrected chi connectivity index (χ2v) is 7.79. The third-order valence-corrected chi connectivity index (χ3v) is 4.59. The molecule has 0 heterocycles. The van der Waals surface area contributed by atoms with Crippen LogP contribution in [0.4, 0.5) is 0 Å². The van der Waals surface area contributed by atoms with E-state index >= 15 is 0 Å². The molecule has 1 atom stereocenters. The first kappa shape index (κ1) is 26.1. The van der Waals surface area contributed by atoms with Gasteiger partial charge < -0.3 is 5.73 Å². The van der Waals surface area contributed by atoms with E-state index < -0.39 is 10.4 Å². The second kappa shape index (κ2) is 19.2. The van der Waals surface area contributed by atoms with E-state index in [1.807, 2.05) is 0 Å². The van der Waals surface area contributed by atoms with E-state index in [4.69, 9.17) is 10.3 Å². The van der Waals surface area contributed by atoms with Gasteiger partial charge in [-0.2, -0.15) is 8.42 Å². The minimum Gasteiger partial charge on any atom is -0.330 e. The van der Waals surface area contributed by atoms with Gasteiger partial charge in [-0.3, -0.25) is 8.74 Å². The summed E-state index contributed by atoms with van der Waals surface area (Å²) in [6.07, 6.45) is 18.5. The molecule has 1 unspecified atom stereocenters. The van der Waals surface area contributed by atoms with Crippen molar-refractivity contribution in [3.8, 4) is 0 Å². The maximum Gasteiger partial charge on any atom is 0.397 e. The monoisotopic (exact) mass is 367 g/mol. The highest BCUT2D eigenvalue weighted by molar-refractivity contribution is 7.80. The normalized spacial score (nSPS) is 12.5. The summed E-state index contributed by atoms with van der Waals surface area (Å²) in [6, 6.07) is 0. The molecule has 0 aliphatic carbocycles. The number of hydrogen-bond acceptors (Lipinski definition) is 4. The summed E-state index contributed by atoms with van der Waals surface area (Å²) < 4.78 is 29.7. The first-order valence-corrected chi connectivity index (χ1v) is 11.0. The molecule has 0 saturated carbocycles. The molecule has 0 spiro atoms. The molecule has 24 heavy (non-hydrogen) atoms. The lowest BCUT2D eigenvalue weighted by molar-refractivity contribution is 0.324. The SMILES string of the molecule is CCCCCCCCCCCCCC(C)CCN.COS(=O)(=O)O. The average Bonchev–Trinajstić information content (AvgIpc) is 2.53. The molecular weight excluding hydrogens is 326 g/mol. The predicted octanol–water partition coefficient (Wildman–Crippen LogP) is 5.11. The second-order valence-electron chi connectivity index (χ2n) is 6.60. The van der Waals surface area contributed by atoms with Gasteiger partial charge in [0.2, 0.25) is 0 Å². The van der Waals surface area contributed by atoms with Gasteiger partial charge in [-0.25, -0.2) is 0 Å². The average molecular weight is 368 g/mol. The van der Waals surface area contributed by atoms with E-state index in [9.17, 15) is 8.42 Å². The van der Waals surface area contributed by atoms with Gasteiger partial charge in [0.1, 0.15) is 0 Å². The van der Waals surface area contributed by atoms with Crippen molar-refractivity contribution in [3.05, 3.63) is 0 Å². The van der Waals surface area contributed by atoms with Crippen LogP contribution in [0.2, 0.25) is 0 Å². The zero-order valence-electron chi connectivity index (χ0n) is 16.1. The molecule has 0 fully saturated rings. The van der Waals surface area contributed by atoms with Gasteiger partial charge in [-0.1, -0.05) is 90.9 Å². The molecule has 3 N–H and O–H groups in total. The Morgan fingerprint density at radius 2 is 1.25 bits per heavy atom. The Balaban J connectivity index is 0. The summed E-state index contributed by atoms with van der Waals surface area (Å²) >= 11 is 0. The highest BCUT2D eigenvalue weighted by atomic mass is 32.3. The Kier molecular flexibility index (Phi) is 20.8. The van der Waals surface area contributed by atoms with Gasteiger partial charge in [0.05, 0.1) is 7.11 Å². The molecule has 0 aromatic heterocycles. The van der Waals surface area contributed by atoms with Crippen LogP contribution in [0.1, 0.15) is 97.3 Å². The lowest BCUT2D eigenvalue weighted by Crippen LogP contribution is -2.05. The lowest BCUT2D eigenvalue weighted by Gasteiger charge is -2.09. The number of nitrogens with two attached hydrogens (primary N) is 1. The van der Waals surface area contributed by atoms with Crippen LogP contribution < -0.4 is 5.73 Å². The smallest absolute Gasteiger partial charge is 0.330 e. The van der Waals surface area contributed by atoms with E-state index in [2.05, 4.69) is 18.0 Å². The minimum atomic E-state index is -4.16. The summed E-state index contributed by atoms with van der Waals surface area (Å²) in [5.74, 6) is 0.841. The molecule has 5 nitrogen and oxygen atoms in total. The molecule has 6 heteroatoms. The first-order valence-electron chi connectivity index (χ1n) is 9.60. The van der Waals surface area contributed by atoms with E-state index in [1.165, 1.54) is 83.5 Å². The first-order chi connectivity index (χ1) is 11.4. The summed E-state index contributed by atoms with van der Waals surface area (Å²) in [7, 11) is -3.29. The summed E-state index contributed by atoms with van der Waals surface area (Å²) in [4.78, 5) is 0. The minimum absolute atomic E-state index is 0.841. The molecular formula is C18H41NO4S. The number of unbranched alkanes of at least 4 members (excludes halogenated alkanes) is 10. The molecule has 0 aliphatic heterocycles. The standard InChI is InChI=1S/C17H37N.CH4O4S/c1-3-4-5-6-7-8-9-10-11-12-13-14-17(2)15-16-18;1-5-6(2,3)4/h17H,3-16,18H2,1-2H3;1H3,(H,2,3,4). The van der Waals surface area contributed by atoms with Crippen LogP contribution in [-0.4, -0.2) is 26.6 Å². The van der Waals surface area contributed by atoms with Gasteiger partial charge in [0.25, 0.3) is 0 Å². The summed E-state index contributed by atoms with van der Waals surface area (Å²) in [6.45, 7) is 5.48. The molecule has 148 valence electrons. The van der Waals surface area contributed by atoms with Crippen molar-refractivity contribution in [2.75, 3.05) is 13.7 Å². The fourth-order valence-corrected chi connectivity index (χ4v) is 2.59. The number of rotatable bonds is 15. The van der Waals surface area contributed by atoms with Gasteiger partial charge in [-0.15, -0.1) is 0 Å². The van der Waals surface area contributed by atoms with Gasteiger partial charge in [-0.05, 0) is 18.9 Å². The summed E-state index contributed by atoms with van der Waals surface area (Å²) in [5, 5.41) is 0. The summed E-state index contributed by atoms with van der Waals surface area (Å²) in [5.41, 5.74) is 5.56. The zero-order chi connectivity index (χ0) is 18.7. The van der Waals surface area contributed by atoms with E-state index in [-0.39, 0.29) is 0 Å². The van der Waals surface area contributed by atoms with Gasteiger partial charge >= 0.3 is 10.4 Å². The molecule has 0 aromatic rings. The number of hydrogen-bond donors (Lipinski definition) is 2. The van der Waals surface area contributed by atoms with E-state index in [0.717, 1.165) is 19.6 Å². The van der Waals surface area contributed by atoms with E-state index in [1.54, 1.807) is 0 Å². The maximum absolute atomic E-state index is 9.33. The fourth-order valence-electron chi connectivity index (χ4n) is 2.59. The van der Waals surface area contributed by atoms with Crippen molar-refractivity contribution in [2.24, 2.45) is 11.7 Å². The largest absolute Gasteiger partial charge is 0.397 e.